The van der Waals surface area contributed by atoms with E-state index in [2.05, 4.69) is 252 Å². The van der Waals surface area contributed by atoms with E-state index in [0.717, 1.165) is 58.2 Å². The molecule has 0 atom stereocenters. The normalized spacial score (nSPS) is 12.7. The Morgan fingerprint density at radius 3 is 1.74 bits per heavy atom. The minimum absolute atomic E-state index is 0.0925. The van der Waals surface area contributed by atoms with Gasteiger partial charge in [-0.25, -0.2) is 0 Å². The van der Waals surface area contributed by atoms with Gasteiger partial charge in [-0.2, -0.15) is 0 Å². The van der Waals surface area contributed by atoms with Gasteiger partial charge in [0.05, 0.1) is 7.11 Å². The molecular formula is C65H62N2O. The van der Waals surface area contributed by atoms with Crippen LogP contribution in [0.5, 0.6) is 5.75 Å². The minimum Gasteiger partial charge on any atom is -0.497 e. The number of aryl methyl sites for hydroxylation is 3. The van der Waals surface area contributed by atoms with E-state index in [4.69, 9.17) is 4.74 Å². The topological polar surface area (TPSA) is 15.7 Å². The monoisotopic (exact) mass is 886 g/mol. The zero-order chi connectivity index (χ0) is 47.4. The van der Waals surface area contributed by atoms with Gasteiger partial charge in [0.25, 0.3) is 0 Å². The van der Waals surface area contributed by atoms with Crippen molar-refractivity contribution >= 4 is 46.0 Å². The van der Waals surface area contributed by atoms with Gasteiger partial charge in [-0.15, -0.1) is 0 Å². The smallest absolute Gasteiger partial charge is 0.118 e. The summed E-state index contributed by atoms with van der Waals surface area (Å²) in [4.78, 5) is 4.89. The molecule has 68 heavy (non-hydrogen) atoms. The van der Waals surface area contributed by atoms with Crippen molar-refractivity contribution in [2.75, 3.05) is 30.0 Å². The van der Waals surface area contributed by atoms with Crippen LogP contribution in [0.15, 0.2) is 194 Å². The van der Waals surface area contributed by atoms with Crippen molar-refractivity contribution in [3.05, 3.63) is 255 Å². The van der Waals surface area contributed by atoms with E-state index in [1.165, 1.54) is 66.9 Å². The van der Waals surface area contributed by atoms with Crippen molar-refractivity contribution < 1.29 is 4.74 Å². The molecule has 0 saturated carbocycles. The molecule has 0 saturated heterocycles. The molecule has 3 nitrogen and oxygen atoms in total. The number of hydrogen-bond acceptors (Lipinski definition) is 3. The Bertz CT molecular complexity index is 3100. The van der Waals surface area contributed by atoms with Gasteiger partial charge < -0.3 is 14.5 Å². The first-order valence-corrected chi connectivity index (χ1v) is 24.0. The van der Waals surface area contributed by atoms with Crippen LogP contribution in [0, 0.1) is 20.8 Å². The number of nitrogens with zero attached hydrogens (tertiary/aromatic N) is 2. The summed E-state index contributed by atoms with van der Waals surface area (Å²) < 4.78 is 5.58. The Morgan fingerprint density at radius 2 is 1.09 bits per heavy atom. The second-order valence-corrected chi connectivity index (χ2v) is 18.6. The second-order valence-electron chi connectivity index (χ2n) is 18.6. The first kappa shape index (κ1) is 45.5. The lowest BCUT2D eigenvalue weighted by Crippen LogP contribution is -2.22. The molecule has 1 aliphatic carbocycles. The van der Waals surface area contributed by atoms with E-state index in [1.54, 1.807) is 7.11 Å². The Hall–Kier alpha value is -7.62. The quantitative estimate of drug-likeness (QED) is 0.0799. The number of allylic oxidation sites excluding steroid dienone is 2. The third-order valence-corrected chi connectivity index (χ3v) is 13.6. The molecule has 0 amide bonds. The van der Waals surface area contributed by atoms with Crippen molar-refractivity contribution in [1.82, 2.24) is 0 Å². The lowest BCUT2D eigenvalue weighted by molar-refractivity contribution is 0.415. The van der Waals surface area contributed by atoms with Crippen molar-refractivity contribution in [1.29, 1.82) is 0 Å². The molecule has 0 aliphatic heterocycles. The molecule has 0 unspecified atom stereocenters. The van der Waals surface area contributed by atoms with Gasteiger partial charge in [-0.05, 0) is 162 Å². The van der Waals surface area contributed by atoms with E-state index < -0.39 is 0 Å². The van der Waals surface area contributed by atoms with Crippen LogP contribution >= 0.6 is 0 Å². The molecule has 338 valence electrons. The second kappa shape index (κ2) is 19.7. The Kier molecular flexibility index (Phi) is 13.2. The molecule has 8 aromatic carbocycles. The third kappa shape index (κ3) is 9.48. The molecule has 1 aliphatic rings. The van der Waals surface area contributed by atoms with Crippen molar-refractivity contribution in [2.24, 2.45) is 0 Å². The maximum absolute atomic E-state index is 5.58. The van der Waals surface area contributed by atoms with Crippen LogP contribution in [-0.2, 0) is 5.41 Å². The number of rotatable bonds is 14. The molecule has 0 bridgehead atoms. The largest absolute Gasteiger partial charge is 0.497 e. The number of fused-ring (bicyclic) bond motifs is 3. The molecular weight excluding hydrogens is 825 g/mol. The molecule has 3 heteroatoms. The van der Waals surface area contributed by atoms with Gasteiger partial charge >= 0.3 is 0 Å². The molecule has 0 spiro atoms. The van der Waals surface area contributed by atoms with E-state index in [0.29, 0.717) is 0 Å². The maximum Gasteiger partial charge on any atom is 0.118 e. The predicted molar refractivity (Wildman–Crippen MR) is 292 cm³/mol. The summed E-state index contributed by atoms with van der Waals surface area (Å²) in [5.74, 6) is 0.839. The van der Waals surface area contributed by atoms with Gasteiger partial charge in [-0.1, -0.05) is 176 Å². The Balaban J connectivity index is 1.19. The van der Waals surface area contributed by atoms with E-state index in [9.17, 15) is 0 Å². The standard InChI is InChI=1S/C65H62N2O/c1-9-66(10-2)56-40-49(42-61(53-17-13-15-47(5)39-53)52-31-36-58(68-8)37-32-52)41-57(43-56)67(55-35-38-64-62(44-55)60-18-11-12-20-63(60)65(64,6)7)54-33-25-48(26-34-54)16-14-19-59(50-27-21-45(3)22-28-50)51-29-23-46(4)24-30-51/h11-44H,9-10H2,1-8H3/b16-14+,61-42+. The summed E-state index contributed by atoms with van der Waals surface area (Å²) in [7, 11) is 1.72. The molecule has 0 heterocycles. The zero-order valence-corrected chi connectivity index (χ0v) is 40.8. The van der Waals surface area contributed by atoms with Crippen LogP contribution in [0.3, 0.4) is 0 Å². The summed E-state index contributed by atoms with van der Waals surface area (Å²) in [5.41, 5.74) is 22.7. The van der Waals surface area contributed by atoms with Gasteiger partial charge in [0.15, 0.2) is 0 Å². The summed E-state index contributed by atoms with van der Waals surface area (Å²) in [6.07, 6.45) is 8.99. The first-order valence-electron chi connectivity index (χ1n) is 24.0. The van der Waals surface area contributed by atoms with Gasteiger partial charge in [0, 0.05) is 41.3 Å². The van der Waals surface area contributed by atoms with Crippen molar-refractivity contribution in [3.8, 4) is 16.9 Å². The number of hydrogen-bond donors (Lipinski definition) is 0. The summed E-state index contributed by atoms with van der Waals surface area (Å²) in [5, 5.41) is 0. The van der Waals surface area contributed by atoms with Crippen LogP contribution in [0.1, 0.15) is 88.9 Å². The molecule has 8 aromatic rings. The van der Waals surface area contributed by atoms with E-state index >= 15 is 0 Å². The number of anilines is 4. The average molecular weight is 887 g/mol. The predicted octanol–water partition coefficient (Wildman–Crippen LogP) is 17.0. The fourth-order valence-corrected chi connectivity index (χ4v) is 9.79. The van der Waals surface area contributed by atoms with Crippen LogP contribution in [0.25, 0.3) is 34.4 Å². The van der Waals surface area contributed by atoms with E-state index in [1.807, 2.05) is 12.1 Å². The minimum atomic E-state index is -0.0925. The van der Waals surface area contributed by atoms with Gasteiger partial charge in [0.1, 0.15) is 5.75 Å². The summed E-state index contributed by atoms with van der Waals surface area (Å²) in [6.45, 7) is 17.4. The maximum atomic E-state index is 5.58. The molecule has 0 fully saturated rings. The van der Waals surface area contributed by atoms with Gasteiger partial charge in [-0.3, -0.25) is 0 Å². The lowest BCUT2D eigenvalue weighted by Gasteiger charge is -2.30. The van der Waals surface area contributed by atoms with Crippen LogP contribution in [0.4, 0.5) is 22.7 Å². The van der Waals surface area contributed by atoms with Crippen molar-refractivity contribution in [3.63, 3.8) is 0 Å². The van der Waals surface area contributed by atoms with Crippen LogP contribution in [-0.4, -0.2) is 20.2 Å². The van der Waals surface area contributed by atoms with Crippen LogP contribution in [0.2, 0.25) is 0 Å². The van der Waals surface area contributed by atoms with E-state index in [-0.39, 0.29) is 5.41 Å². The number of ether oxygens (including phenoxy) is 1. The Labute approximate surface area is 405 Å². The molecule has 9 rings (SSSR count). The highest BCUT2D eigenvalue weighted by Crippen LogP contribution is 2.51. The third-order valence-electron chi connectivity index (χ3n) is 13.6. The number of methoxy groups -OCH3 is 1. The SMILES string of the molecule is CCN(CC)c1cc(/C=C(\c2ccc(OC)cc2)c2cccc(C)c2)cc(N(c2ccc(/C=C/C=C(c3ccc(C)cc3)c3ccc(C)cc3)cc2)c2ccc3c(c2)-c2ccccc2C3(C)C)c1. The highest BCUT2D eigenvalue weighted by atomic mass is 16.5. The van der Waals surface area contributed by atoms with Crippen LogP contribution < -0.4 is 14.5 Å². The summed E-state index contributed by atoms with van der Waals surface area (Å²) >= 11 is 0. The first-order chi connectivity index (χ1) is 33.0. The molecule has 0 aromatic heterocycles. The van der Waals surface area contributed by atoms with Crippen molar-refractivity contribution in [2.45, 2.75) is 53.9 Å². The fourth-order valence-electron chi connectivity index (χ4n) is 9.79. The number of benzene rings is 8. The summed E-state index contributed by atoms with van der Waals surface area (Å²) in [6, 6.07) is 66.9. The Morgan fingerprint density at radius 1 is 0.485 bits per heavy atom. The molecule has 0 radical (unpaired) electrons. The lowest BCUT2D eigenvalue weighted by atomic mass is 9.82. The van der Waals surface area contributed by atoms with Gasteiger partial charge in [0.2, 0.25) is 0 Å². The highest BCUT2D eigenvalue weighted by molar-refractivity contribution is 5.94. The fraction of sp³-hybridized carbons (Fsp3) is 0.169. The highest BCUT2D eigenvalue weighted by Gasteiger charge is 2.35. The average Bonchev–Trinajstić information content (AvgIpc) is 3.59. The zero-order valence-electron chi connectivity index (χ0n) is 40.8. The molecule has 0 N–H and O–H groups in total.